The van der Waals surface area contributed by atoms with Gasteiger partial charge >= 0.3 is 0 Å². The Kier molecular flexibility index (Phi) is 3.84. The number of anilines is 1. The summed E-state index contributed by atoms with van der Waals surface area (Å²) < 4.78 is 0. The number of nitro groups is 1. The fourth-order valence-corrected chi connectivity index (χ4v) is 2.70. The number of nitro benzene ring substituents is 1. The highest BCUT2D eigenvalue weighted by Crippen LogP contribution is 2.30. The largest absolute Gasteiger partial charge is 0.369 e. The van der Waals surface area contributed by atoms with E-state index >= 15 is 0 Å². The standard InChI is InChI=1S/C14H20N2O2/c1-3-12-10-13(16(17)18)7-8-14(12)15-9-5-4-6-11(15)2/h7-8,10-11H,3-6,9H2,1-2H3. The zero-order valence-corrected chi connectivity index (χ0v) is 11.1. The van der Waals surface area contributed by atoms with E-state index in [-0.39, 0.29) is 10.6 Å². The van der Waals surface area contributed by atoms with Crippen LogP contribution in [0, 0.1) is 10.1 Å². The van der Waals surface area contributed by atoms with Crippen LogP contribution in [0.3, 0.4) is 0 Å². The fraction of sp³-hybridized carbons (Fsp3) is 0.571. The highest BCUT2D eigenvalue weighted by molar-refractivity contribution is 5.58. The Balaban J connectivity index is 2.34. The van der Waals surface area contributed by atoms with Crippen LogP contribution in [0.1, 0.15) is 38.7 Å². The first kappa shape index (κ1) is 12.9. The van der Waals surface area contributed by atoms with Crippen molar-refractivity contribution in [2.24, 2.45) is 0 Å². The Hall–Kier alpha value is -1.58. The van der Waals surface area contributed by atoms with Gasteiger partial charge in [0.2, 0.25) is 0 Å². The van der Waals surface area contributed by atoms with Crippen molar-refractivity contribution in [2.45, 2.75) is 45.6 Å². The molecule has 0 bridgehead atoms. The number of non-ortho nitro benzene ring substituents is 1. The predicted octanol–water partition coefficient (Wildman–Crippen LogP) is 3.54. The molecule has 98 valence electrons. The van der Waals surface area contributed by atoms with Gasteiger partial charge in [-0.2, -0.15) is 0 Å². The predicted molar refractivity (Wildman–Crippen MR) is 73.1 cm³/mol. The van der Waals surface area contributed by atoms with Crippen LogP contribution in [0.25, 0.3) is 0 Å². The fourth-order valence-electron chi connectivity index (χ4n) is 2.70. The van der Waals surface area contributed by atoms with Crippen LogP contribution in [-0.4, -0.2) is 17.5 Å². The van der Waals surface area contributed by atoms with E-state index in [4.69, 9.17) is 0 Å². The average molecular weight is 248 g/mol. The molecule has 2 rings (SSSR count). The molecule has 1 saturated heterocycles. The van der Waals surface area contributed by atoms with E-state index in [1.54, 1.807) is 12.1 Å². The lowest BCUT2D eigenvalue weighted by Crippen LogP contribution is -2.38. The third-order valence-corrected chi connectivity index (χ3v) is 3.77. The molecule has 18 heavy (non-hydrogen) atoms. The average Bonchev–Trinajstić information content (AvgIpc) is 2.38. The summed E-state index contributed by atoms with van der Waals surface area (Å²) in [5.41, 5.74) is 2.45. The summed E-state index contributed by atoms with van der Waals surface area (Å²) in [6, 6.07) is 5.79. The number of piperidine rings is 1. The normalized spacial score (nSPS) is 19.9. The molecule has 1 unspecified atom stereocenters. The second-order valence-corrected chi connectivity index (χ2v) is 4.96. The van der Waals surface area contributed by atoms with Crippen LogP contribution in [0.2, 0.25) is 0 Å². The summed E-state index contributed by atoms with van der Waals surface area (Å²) in [5.74, 6) is 0. The molecule has 0 amide bonds. The summed E-state index contributed by atoms with van der Waals surface area (Å²) in [4.78, 5) is 12.9. The number of rotatable bonds is 3. The molecule has 1 atom stereocenters. The van der Waals surface area contributed by atoms with Gasteiger partial charge in [-0.25, -0.2) is 0 Å². The lowest BCUT2D eigenvalue weighted by molar-refractivity contribution is -0.384. The monoisotopic (exact) mass is 248 g/mol. The van der Waals surface area contributed by atoms with Crippen LogP contribution in [0.5, 0.6) is 0 Å². The molecule has 0 N–H and O–H groups in total. The van der Waals surface area contributed by atoms with Crippen molar-refractivity contribution in [2.75, 3.05) is 11.4 Å². The number of nitrogens with zero attached hydrogens (tertiary/aromatic N) is 2. The van der Waals surface area contributed by atoms with Gasteiger partial charge in [0.15, 0.2) is 0 Å². The van der Waals surface area contributed by atoms with Crippen LogP contribution in [0.4, 0.5) is 11.4 Å². The number of hydrogen-bond acceptors (Lipinski definition) is 3. The molecule has 0 spiro atoms. The molecular weight excluding hydrogens is 228 g/mol. The van der Waals surface area contributed by atoms with Gasteiger partial charge in [-0.05, 0) is 44.2 Å². The zero-order chi connectivity index (χ0) is 13.1. The first-order valence-corrected chi connectivity index (χ1v) is 6.67. The molecular formula is C14H20N2O2. The van der Waals surface area contributed by atoms with Gasteiger partial charge in [0, 0.05) is 30.4 Å². The lowest BCUT2D eigenvalue weighted by Gasteiger charge is -2.36. The maximum absolute atomic E-state index is 10.8. The van der Waals surface area contributed by atoms with E-state index in [1.807, 2.05) is 6.07 Å². The second-order valence-electron chi connectivity index (χ2n) is 4.96. The molecule has 1 fully saturated rings. The first-order valence-electron chi connectivity index (χ1n) is 6.67. The Bertz CT molecular complexity index is 445. The molecule has 0 saturated carbocycles. The van der Waals surface area contributed by atoms with E-state index in [2.05, 4.69) is 18.7 Å². The summed E-state index contributed by atoms with van der Waals surface area (Å²) in [6.07, 6.45) is 4.54. The van der Waals surface area contributed by atoms with Crippen LogP contribution < -0.4 is 4.90 Å². The number of aryl methyl sites for hydroxylation is 1. The molecule has 0 aliphatic carbocycles. The van der Waals surface area contributed by atoms with Crippen molar-refractivity contribution in [3.05, 3.63) is 33.9 Å². The van der Waals surface area contributed by atoms with E-state index < -0.39 is 0 Å². The molecule has 4 heteroatoms. The first-order chi connectivity index (χ1) is 8.63. The van der Waals surface area contributed by atoms with Gasteiger partial charge in [-0.3, -0.25) is 10.1 Å². The third-order valence-electron chi connectivity index (χ3n) is 3.77. The minimum absolute atomic E-state index is 0.195. The van der Waals surface area contributed by atoms with Crippen molar-refractivity contribution in [1.29, 1.82) is 0 Å². The van der Waals surface area contributed by atoms with Crippen molar-refractivity contribution >= 4 is 11.4 Å². The maximum atomic E-state index is 10.8. The Morgan fingerprint density at radius 1 is 1.44 bits per heavy atom. The minimum Gasteiger partial charge on any atom is -0.369 e. The smallest absolute Gasteiger partial charge is 0.269 e. The van der Waals surface area contributed by atoms with Crippen molar-refractivity contribution in [3.8, 4) is 0 Å². The van der Waals surface area contributed by atoms with Crippen molar-refractivity contribution in [3.63, 3.8) is 0 Å². The van der Waals surface area contributed by atoms with Crippen molar-refractivity contribution in [1.82, 2.24) is 0 Å². The van der Waals surface area contributed by atoms with Crippen LogP contribution in [-0.2, 0) is 6.42 Å². The van der Waals surface area contributed by atoms with Gasteiger partial charge < -0.3 is 4.90 Å². The quantitative estimate of drug-likeness (QED) is 0.607. The highest BCUT2D eigenvalue weighted by atomic mass is 16.6. The summed E-state index contributed by atoms with van der Waals surface area (Å²) in [5, 5.41) is 10.8. The SMILES string of the molecule is CCc1cc([N+](=O)[O-])ccc1N1CCCCC1C. The lowest BCUT2D eigenvalue weighted by atomic mass is 10.00. The van der Waals surface area contributed by atoms with Gasteiger partial charge in [-0.1, -0.05) is 6.92 Å². The second kappa shape index (κ2) is 5.38. The molecule has 0 aromatic heterocycles. The molecule has 1 aromatic carbocycles. The molecule has 0 radical (unpaired) electrons. The number of hydrogen-bond donors (Lipinski definition) is 0. The summed E-state index contributed by atoms with van der Waals surface area (Å²) in [6.45, 7) is 5.35. The van der Waals surface area contributed by atoms with Gasteiger partial charge in [0.1, 0.15) is 0 Å². The highest BCUT2D eigenvalue weighted by Gasteiger charge is 2.21. The summed E-state index contributed by atoms with van der Waals surface area (Å²) >= 11 is 0. The van der Waals surface area contributed by atoms with Crippen molar-refractivity contribution < 1.29 is 4.92 Å². The maximum Gasteiger partial charge on any atom is 0.269 e. The van der Waals surface area contributed by atoms with E-state index in [9.17, 15) is 10.1 Å². The summed E-state index contributed by atoms with van der Waals surface area (Å²) in [7, 11) is 0. The van der Waals surface area contributed by atoms with Gasteiger partial charge in [0.05, 0.1) is 4.92 Å². The molecule has 1 heterocycles. The third kappa shape index (κ3) is 2.47. The minimum atomic E-state index is -0.317. The van der Waals surface area contributed by atoms with Gasteiger partial charge in [-0.15, -0.1) is 0 Å². The van der Waals surface area contributed by atoms with E-state index in [1.165, 1.54) is 24.9 Å². The van der Waals surface area contributed by atoms with Gasteiger partial charge in [0.25, 0.3) is 5.69 Å². The Labute approximate surface area is 108 Å². The van der Waals surface area contributed by atoms with Crippen LogP contribution >= 0.6 is 0 Å². The molecule has 1 aliphatic heterocycles. The Morgan fingerprint density at radius 3 is 2.83 bits per heavy atom. The molecule has 4 nitrogen and oxygen atoms in total. The topological polar surface area (TPSA) is 46.4 Å². The van der Waals surface area contributed by atoms with E-state index in [0.29, 0.717) is 6.04 Å². The zero-order valence-electron chi connectivity index (χ0n) is 11.1. The number of benzene rings is 1. The van der Waals surface area contributed by atoms with Crippen LogP contribution in [0.15, 0.2) is 18.2 Å². The van der Waals surface area contributed by atoms with E-state index in [0.717, 1.165) is 18.5 Å². The molecule has 1 aliphatic rings. The molecule has 1 aromatic rings. The Morgan fingerprint density at radius 2 is 2.22 bits per heavy atom.